The molecular formula is C15H10BrClN2O. The van der Waals surface area contributed by atoms with Gasteiger partial charge in [0.15, 0.2) is 0 Å². The zero-order valence-corrected chi connectivity index (χ0v) is 12.7. The molecule has 0 bridgehead atoms. The minimum Gasteiger partial charge on any atom is -0.324 e. The molecule has 1 heterocycles. The van der Waals surface area contributed by atoms with Crippen molar-refractivity contribution in [2.75, 3.05) is 11.9 Å². The largest absolute Gasteiger partial charge is 0.324 e. The van der Waals surface area contributed by atoms with E-state index in [1.54, 1.807) is 12.1 Å². The van der Waals surface area contributed by atoms with E-state index in [0.29, 0.717) is 5.02 Å². The molecule has 100 valence electrons. The van der Waals surface area contributed by atoms with Crippen LogP contribution in [0.15, 0.2) is 51.9 Å². The summed E-state index contributed by atoms with van der Waals surface area (Å²) in [5, 5.41) is 3.45. The summed E-state index contributed by atoms with van der Waals surface area (Å²) in [6.45, 7) is 0.105. The number of halogens is 2. The molecule has 0 saturated carbocycles. The van der Waals surface area contributed by atoms with Crippen LogP contribution in [-0.2, 0) is 4.79 Å². The van der Waals surface area contributed by atoms with Gasteiger partial charge in [-0.1, -0.05) is 39.7 Å². The van der Waals surface area contributed by atoms with E-state index in [4.69, 9.17) is 11.6 Å². The Morgan fingerprint density at radius 3 is 2.85 bits per heavy atom. The van der Waals surface area contributed by atoms with Crippen molar-refractivity contribution in [2.45, 2.75) is 0 Å². The molecule has 1 aliphatic rings. The molecule has 1 N–H and O–H groups in total. The monoisotopic (exact) mass is 348 g/mol. The summed E-state index contributed by atoms with van der Waals surface area (Å²) in [6.07, 6.45) is 0. The number of carbonyl (C=O) groups excluding carboxylic acids is 1. The maximum atomic E-state index is 11.7. The van der Waals surface area contributed by atoms with E-state index < -0.39 is 0 Å². The molecule has 2 aromatic rings. The third-order valence-corrected chi connectivity index (χ3v) is 3.72. The highest BCUT2D eigenvalue weighted by Crippen LogP contribution is 2.26. The Labute approximate surface area is 129 Å². The third-order valence-electron chi connectivity index (χ3n) is 2.99. The van der Waals surface area contributed by atoms with E-state index in [-0.39, 0.29) is 12.5 Å². The highest BCUT2D eigenvalue weighted by Gasteiger charge is 2.18. The summed E-state index contributed by atoms with van der Waals surface area (Å²) in [7, 11) is 0. The lowest BCUT2D eigenvalue weighted by molar-refractivity contribution is -0.114. The number of benzodiazepines with no additional fused rings is 1. The molecule has 1 aliphatic heterocycles. The highest BCUT2D eigenvalue weighted by molar-refractivity contribution is 9.10. The summed E-state index contributed by atoms with van der Waals surface area (Å²) in [6, 6.07) is 13.2. The SMILES string of the molecule is O=C1CN=C(c2cccc(Br)c2)c2cc(Cl)ccc2N1. The van der Waals surface area contributed by atoms with Crippen LogP contribution in [0.25, 0.3) is 0 Å². The van der Waals surface area contributed by atoms with Crippen LogP contribution in [0.5, 0.6) is 0 Å². The van der Waals surface area contributed by atoms with Gasteiger partial charge >= 0.3 is 0 Å². The van der Waals surface area contributed by atoms with Crippen molar-refractivity contribution >= 4 is 44.8 Å². The van der Waals surface area contributed by atoms with E-state index in [2.05, 4.69) is 26.2 Å². The number of hydrogen-bond acceptors (Lipinski definition) is 2. The molecular weight excluding hydrogens is 340 g/mol. The molecule has 0 aromatic heterocycles. The fraction of sp³-hybridized carbons (Fsp3) is 0.0667. The predicted octanol–water partition coefficient (Wildman–Crippen LogP) is 3.89. The molecule has 3 rings (SSSR count). The second-order valence-corrected chi connectivity index (χ2v) is 5.77. The van der Waals surface area contributed by atoms with Gasteiger partial charge in [0.2, 0.25) is 5.91 Å². The molecule has 0 atom stereocenters. The van der Waals surface area contributed by atoms with Crippen LogP contribution in [-0.4, -0.2) is 18.2 Å². The lowest BCUT2D eigenvalue weighted by Gasteiger charge is -2.10. The van der Waals surface area contributed by atoms with Gasteiger partial charge in [0.1, 0.15) is 6.54 Å². The molecule has 0 unspecified atom stereocenters. The van der Waals surface area contributed by atoms with Crippen LogP contribution in [0.2, 0.25) is 5.02 Å². The normalized spacial score (nSPS) is 14.1. The molecule has 5 heteroatoms. The van der Waals surface area contributed by atoms with Crippen molar-refractivity contribution in [3.05, 3.63) is 63.1 Å². The number of fused-ring (bicyclic) bond motifs is 1. The predicted molar refractivity (Wildman–Crippen MR) is 84.7 cm³/mol. The van der Waals surface area contributed by atoms with Gasteiger partial charge in [-0.25, -0.2) is 0 Å². The van der Waals surface area contributed by atoms with Crippen LogP contribution >= 0.6 is 27.5 Å². The zero-order valence-electron chi connectivity index (χ0n) is 10.4. The summed E-state index contributed by atoms with van der Waals surface area (Å²) in [5.74, 6) is -0.126. The maximum absolute atomic E-state index is 11.7. The van der Waals surface area contributed by atoms with E-state index in [9.17, 15) is 4.79 Å². The van der Waals surface area contributed by atoms with Gasteiger partial charge in [-0.05, 0) is 30.3 Å². The number of hydrogen-bond donors (Lipinski definition) is 1. The number of nitrogens with zero attached hydrogens (tertiary/aromatic N) is 1. The second kappa shape index (κ2) is 5.38. The Hall–Kier alpha value is -1.65. The van der Waals surface area contributed by atoms with Gasteiger partial charge in [-0.15, -0.1) is 0 Å². The van der Waals surface area contributed by atoms with Crippen molar-refractivity contribution in [2.24, 2.45) is 4.99 Å². The first kappa shape index (κ1) is 13.3. The maximum Gasteiger partial charge on any atom is 0.246 e. The lowest BCUT2D eigenvalue weighted by Crippen LogP contribution is -2.13. The van der Waals surface area contributed by atoms with E-state index in [1.807, 2.05) is 30.3 Å². The molecule has 0 fully saturated rings. The fourth-order valence-corrected chi connectivity index (χ4v) is 2.70. The van der Waals surface area contributed by atoms with E-state index >= 15 is 0 Å². The summed E-state index contributed by atoms with van der Waals surface area (Å²) < 4.78 is 0.963. The molecule has 20 heavy (non-hydrogen) atoms. The number of amides is 1. The number of anilines is 1. The standard InChI is InChI=1S/C15H10BrClN2O/c16-10-3-1-2-9(6-10)15-12-7-11(17)4-5-13(12)19-14(20)8-18-15/h1-7H,8H2,(H,19,20). The summed E-state index contributed by atoms with van der Waals surface area (Å²) >= 11 is 9.52. The number of carbonyl (C=O) groups is 1. The molecule has 0 spiro atoms. The Morgan fingerprint density at radius 1 is 1.20 bits per heavy atom. The second-order valence-electron chi connectivity index (χ2n) is 4.41. The van der Waals surface area contributed by atoms with Crippen molar-refractivity contribution < 1.29 is 4.79 Å². The average Bonchev–Trinajstić information content (AvgIpc) is 2.57. The minimum absolute atomic E-state index is 0.105. The molecule has 3 nitrogen and oxygen atoms in total. The quantitative estimate of drug-likeness (QED) is 0.834. The lowest BCUT2D eigenvalue weighted by atomic mass is 10.0. The van der Waals surface area contributed by atoms with Gasteiger partial charge in [0, 0.05) is 20.6 Å². The van der Waals surface area contributed by atoms with Crippen LogP contribution in [0.4, 0.5) is 5.69 Å². The average molecular weight is 350 g/mol. The Balaban J connectivity index is 2.20. The minimum atomic E-state index is -0.126. The van der Waals surface area contributed by atoms with Crippen molar-refractivity contribution in [1.82, 2.24) is 0 Å². The van der Waals surface area contributed by atoms with Gasteiger partial charge < -0.3 is 5.32 Å². The highest BCUT2D eigenvalue weighted by atomic mass is 79.9. The number of nitrogens with one attached hydrogen (secondary N) is 1. The van der Waals surface area contributed by atoms with E-state index in [0.717, 1.165) is 27.0 Å². The summed E-state index contributed by atoms with van der Waals surface area (Å²) in [5.41, 5.74) is 3.28. The Bertz CT molecular complexity index is 728. The fourth-order valence-electron chi connectivity index (χ4n) is 2.13. The molecule has 2 aromatic carbocycles. The Morgan fingerprint density at radius 2 is 2.05 bits per heavy atom. The summed E-state index contributed by atoms with van der Waals surface area (Å²) in [4.78, 5) is 16.1. The van der Waals surface area contributed by atoms with Crippen LogP contribution in [0.3, 0.4) is 0 Å². The smallest absolute Gasteiger partial charge is 0.246 e. The van der Waals surface area contributed by atoms with Gasteiger partial charge in [-0.2, -0.15) is 0 Å². The molecule has 0 aliphatic carbocycles. The number of rotatable bonds is 1. The van der Waals surface area contributed by atoms with Crippen LogP contribution < -0.4 is 5.32 Å². The van der Waals surface area contributed by atoms with Crippen molar-refractivity contribution in [3.63, 3.8) is 0 Å². The molecule has 1 amide bonds. The molecule has 0 saturated heterocycles. The number of aliphatic imine (C=N–C) groups is 1. The first-order chi connectivity index (χ1) is 9.63. The third kappa shape index (κ3) is 2.62. The van der Waals surface area contributed by atoms with Gasteiger partial charge in [0.25, 0.3) is 0 Å². The number of benzene rings is 2. The topological polar surface area (TPSA) is 41.5 Å². The van der Waals surface area contributed by atoms with E-state index in [1.165, 1.54) is 0 Å². The Kier molecular flexibility index (Phi) is 3.59. The van der Waals surface area contributed by atoms with Gasteiger partial charge in [0.05, 0.1) is 11.4 Å². The van der Waals surface area contributed by atoms with Gasteiger partial charge in [-0.3, -0.25) is 9.79 Å². The van der Waals surface area contributed by atoms with Crippen LogP contribution in [0.1, 0.15) is 11.1 Å². The molecule has 0 radical (unpaired) electrons. The zero-order chi connectivity index (χ0) is 14.1. The van der Waals surface area contributed by atoms with Crippen molar-refractivity contribution in [1.29, 1.82) is 0 Å². The first-order valence-electron chi connectivity index (χ1n) is 6.03. The first-order valence-corrected chi connectivity index (χ1v) is 7.21. The van der Waals surface area contributed by atoms with Crippen molar-refractivity contribution in [3.8, 4) is 0 Å². The van der Waals surface area contributed by atoms with Crippen LogP contribution in [0, 0.1) is 0 Å².